The van der Waals surface area contributed by atoms with Crippen LogP contribution in [0.4, 0.5) is 0 Å². The predicted molar refractivity (Wildman–Crippen MR) is 106 cm³/mol. The highest BCUT2D eigenvalue weighted by molar-refractivity contribution is 5.77. The zero-order chi connectivity index (χ0) is 19.4. The Morgan fingerprint density at radius 1 is 1.25 bits per heavy atom. The van der Waals surface area contributed by atoms with Gasteiger partial charge in [-0.3, -0.25) is 9.69 Å². The third-order valence-electron chi connectivity index (χ3n) is 6.23. The molecule has 0 unspecified atom stereocenters. The molecule has 6 heteroatoms. The second kappa shape index (κ2) is 8.15. The number of hydrogen-bond donors (Lipinski definition) is 1. The van der Waals surface area contributed by atoms with Crippen LogP contribution >= 0.6 is 0 Å². The van der Waals surface area contributed by atoms with Crippen molar-refractivity contribution in [2.24, 2.45) is 5.41 Å². The van der Waals surface area contributed by atoms with Crippen molar-refractivity contribution >= 4 is 5.91 Å². The summed E-state index contributed by atoms with van der Waals surface area (Å²) in [5.74, 6) is 0.275. The number of nitrogens with one attached hydrogen (secondary N) is 1. The third-order valence-corrected chi connectivity index (χ3v) is 6.23. The summed E-state index contributed by atoms with van der Waals surface area (Å²) in [5, 5.41) is 9.37. The molecule has 146 valence electrons. The molecule has 1 aromatic heterocycles. The van der Waals surface area contributed by atoms with Gasteiger partial charge in [0.05, 0.1) is 18.0 Å². The average Bonchev–Trinajstić information content (AvgIpc) is 3.23. The Balaban J connectivity index is 1.41. The summed E-state index contributed by atoms with van der Waals surface area (Å²) < 4.78 is 0. The van der Waals surface area contributed by atoms with Gasteiger partial charge in [0.1, 0.15) is 0 Å². The van der Waals surface area contributed by atoms with Crippen LogP contribution in [0.3, 0.4) is 0 Å². The second-order valence-corrected chi connectivity index (χ2v) is 8.23. The number of likely N-dealkylation sites (tertiary alicyclic amines) is 2. The minimum atomic E-state index is 0.182. The topological polar surface area (TPSA) is 76.0 Å². The molecule has 4 rings (SSSR count). The van der Waals surface area contributed by atoms with Gasteiger partial charge >= 0.3 is 0 Å². The van der Waals surface area contributed by atoms with Crippen LogP contribution in [0.2, 0.25) is 0 Å². The first-order valence-electron chi connectivity index (χ1n) is 10.1. The van der Waals surface area contributed by atoms with Gasteiger partial charge in [-0.15, -0.1) is 0 Å². The van der Waals surface area contributed by atoms with Crippen molar-refractivity contribution in [3.63, 3.8) is 0 Å². The summed E-state index contributed by atoms with van der Waals surface area (Å²) in [6, 6.07) is 10.2. The Labute approximate surface area is 166 Å². The van der Waals surface area contributed by atoms with Crippen LogP contribution in [0, 0.1) is 16.7 Å². The minimum Gasteiger partial charge on any atom is -0.348 e. The van der Waals surface area contributed by atoms with Gasteiger partial charge in [0.25, 0.3) is 0 Å². The Kier molecular flexibility index (Phi) is 5.45. The highest BCUT2D eigenvalue weighted by atomic mass is 16.2. The van der Waals surface area contributed by atoms with E-state index in [1.165, 1.54) is 6.42 Å². The Bertz CT molecular complexity index is 856. The fraction of sp³-hybridized carbons (Fsp3) is 0.500. The molecule has 1 N–H and O–H groups in total. The summed E-state index contributed by atoms with van der Waals surface area (Å²) in [4.78, 5) is 24.2. The molecule has 2 aliphatic heterocycles. The molecule has 1 atom stereocenters. The van der Waals surface area contributed by atoms with E-state index in [4.69, 9.17) is 0 Å². The van der Waals surface area contributed by atoms with E-state index in [9.17, 15) is 10.1 Å². The smallest absolute Gasteiger partial charge is 0.222 e. The maximum atomic E-state index is 12.5. The number of nitrogens with zero attached hydrogens (tertiary/aromatic N) is 4. The van der Waals surface area contributed by atoms with Gasteiger partial charge in [-0.2, -0.15) is 5.26 Å². The average molecular weight is 377 g/mol. The van der Waals surface area contributed by atoms with E-state index >= 15 is 0 Å². The molecule has 6 nitrogen and oxygen atoms in total. The van der Waals surface area contributed by atoms with E-state index in [0.29, 0.717) is 6.42 Å². The number of rotatable bonds is 5. The number of aromatic nitrogens is 2. The van der Waals surface area contributed by atoms with Crippen LogP contribution in [0.5, 0.6) is 0 Å². The van der Waals surface area contributed by atoms with Gasteiger partial charge in [0.15, 0.2) is 0 Å². The Hall–Kier alpha value is -2.65. The lowest BCUT2D eigenvalue weighted by Gasteiger charge is -2.48. The lowest BCUT2D eigenvalue weighted by Crippen LogP contribution is -2.54. The SMILES string of the molecule is N#Cc1ccccc1CN1CCC[C@@]2(CCC(=O)N(CCc3cnc[nH]3)C2)C1. The zero-order valence-electron chi connectivity index (χ0n) is 16.2. The summed E-state index contributed by atoms with van der Waals surface area (Å²) in [7, 11) is 0. The first kappa shape index (κ1) is 18.7. The molecular weight excluding hydrogens is 350 g/mol. The minimum absolute atomic E-state index is 0.182. The molecule has 2 saturated heterocycles. The van der Waals surface area contributed by atoms with Crippen molar-refractivity contribution in [2.75, 3.05) is 26.2 Å². The summed E-state index contributed by atoms with van der Waals surface area (Å²) in [6.45, 7) is 4.47. The molecule has 2 fully saturated rings. The molecule has 1 aromatic carbocycles. The molecule has 1 amide bonds. The molecule has 0 bridgehead atoms. The second-order valence-electron chi connectivity index (χ2n) is 8.23. The number of carbonyl (C=O) groups excluding carboxylic acids is 1. The molecule has 2 aliphatic rings. The van der Waals surface area contributed by atoms with Crippen LogP contribution in [-0.2, 0) is 17.8 Å². The number of benzene rings is 1. The maximum absolute atomic E-state index is 12.5. The van der Waals surface area contributed by atoms with Crippen LogP contribution < -0.4 is 0 Å². The predicted octanol–water partition coefficient (Wildman–Crippen LogP) is 2.73. The number of nitriles is 1. The van der Waals surface area contributed by atoms with Crippen molar-refractivity contribution in [3.8, 4) is 6.07 Å². The van der Waals surface area contributed by atoms with Crippen LogP contribution in [0.25, 0.3) is 0 Å². The van der Waals surface area contributed by atoms with Gasteiger partial charge < -0.3 is 9.88 Å². The lowest BCUT2D eigenvalue weighted by molar-refractivity contribution is -0.139. The van der Waals surface area contributed by atoms with E-state index in [1.807, 2.05) is 24.4 Å². The molecular formula is C22H27N5O. The molecule has 28 heavy (non-hydrogen) atoms. The van der Waals surface area contributed by atoms with E-state index < -0.39 is 0 Å². The van der Waals surface area contributed by atoms with Gasteiger partial charge in [0.2, 0.25) is 5.91 Å². The fourth-order valence-corrected chi connectivity index (χ4v) is 4.77. The number of imidazole rings is 1. The van der Waals surface area contributed by atoms with Crippen molar-refractivity contribution in [3.05, 3.63) is 53.6 Å². The van der Waals surface area contributed by atoms with E-state index in [1.54, 1.807) is 6.33 Å². The molecule has 0 radical (unpaired) electrons. The van der Waals surface area contributed by atoms with Gasteiger partial charge in [0, 0.05) is 56.3 Å². The molecule has 1 spiro atoms. The van der Waals surface area contributed by atoms with Crippen LogP contribution in [0.15, 0.2) is 36.8 Å². The highest BCUT2D eigenvalue weighted by Crippen LogP contribution is 2.39. The lowest BCUT2D eigenvalue weighted by atomic mass is 9.73. The standard InChI is InChI=1S/C22H27N5O/c23-12-18-4-1-2-5-19(18)14-26-10-3-8-22(15-26)9-6-21(28)27(16-22)11-7-20-13-24-17-25-20/h1-2,4-5,13,17H,3,6-11,14-16H2,(H,24,25)/t22-/m1/s1. The van der Waals surface area contributed by atoms with Gasteiger partial charge in [-0.25, -0.2) is 4.98 Å². The number of amides is 1. The van der Waals surface area contributed by atoms with Crippen molar-refractivity contribution in [1.29, 1.82) is 5.26 Å². The monoisotopic (exact) mass is 377 g/mol. The summed E-state index contributed by atoms with van der Waals surface area (Å²) in [6.07, 6.45) is 8.29. The van der Waals surface area contributed by atoms with Gasteiger partial charge in [-0.05, 0) is 37.4 Å². The van der Waals surface area contributed by atoms with Crippen molar-refractivity contribution in [1.82, 2.24) is 19.8 Å². The number of H-pyrrole nitrogens is 1. The zero-order valence-corrected chi connectivity index (χ0v) is 16.2. The molecule has 3 heterocycles. The fourth-order valence-electron chi connectivity index (χ4n) is 4.77. The third kappa shape index (κ3) is 4.10. The normalized spacial score (nSPS) is 23.1. The van der Waals surface area contributed by atoms with Crippen molar-refractivity contribution < 1.29 is 4.79 Å². The Morgan fingerprint density at radius 2 is 2.14 bits per heavy atom. The maximum Gasteiger partial charge on any atom is 0.222 e. The van der Waals surface area contributed by atoms with Crippen LogP contribution in [-0.4, -0.2) is 51.9 Å². The summed E-state index contributed by atoms with van der Waals surface area (Å²) >= 11 is 0. The van der Waals surface area contributed by atoms with E-state index in [0.717, 1.165) is 68.8 Å². The van der Waals surface area contributed by atoms with Crippen molar-refractivity contribution in [2.45, 2.75) is 38.6 Å². The Morgan fingerprint density at radius 3 is 2.96 bits per heavy atom. The molecule has 0 saturated carbocycles. The van der Waals surface area contributed by atoms with Crippen LogP contribution in [0.1, 0.15) is 42.5 Å². The molecule has 0 aliphatic carbocycles. The number of hydrogen-bond acceptors (Lipinski definition) is 4. The first-order valence-corrected chi connectivity index (χ1v) is 10.1. The largest absolute Gasteiger partial charge is 0.348 e. The first-order chi connectivity index (χ1) is 13.7. The molecule has 2 aromatic rings. The van der Waals surface area contributed by atoms with E-state index in [-0.39, 0.29) is 11.3 Å². The summed E-state index contributed by atoms with van der Waals surface area (Å²) in [5.41, 5.74) is 3.12. The van der Waals surface area contributed by atoms with E-state index in [2.05, 4.69) is 31.9 Å². The number of carbonyl (C=O) groups is 1. The quantitative estimate of drug-likeness (QED) is 0.869. The van der Waals surface area contributed by atoms with Gasteiger partial charge in [-0.1, -0.05) is 18.2 Å². The number of piperidine rings is 2. The highest BCUT2D eigenvalue weighted by Gasteiger charge is 2.41. The number of aromatic amines is 1.